The zero-order valence-corrected chi connectivity index (χ0v) is 13.7. The number of carbonyl (C=O) groups is 1. The van der Waals surface area contributed by atoms with Gasteiger partial charge in [-0.2, -0.15) is 5.10 Å². The smallest absolute Gasteiger partial charge is 0.277 e. The molecule has 0 fully saturated rings. The summed E-state index contributed by atoms with van der Waals surface area (Å²) in [6, 6.07) is 12.2. The summed E-state index contributed by atoms with van der Waals surface area (Å²) in [6.07, 6.45) is 1.46. The third kappa shape index (κ3) is 5.31. The Morgan fingerprint density at radius 2 is 1.96 bits per heavy atom. The molecule has 2 aromatic carbocycles. The molecule has 0 saturated carbocycles. The van der Waals surface area contributed by atoms with Crippen molar-refractivity contribution < 1.29 is 19.4 Å². The first-order valence-electron chi connectivity index (χ1n) is 7.55. The Labute approximate surface area is 140 Å². The molecule has 0 unspecified atom stereocenters. The third-order valence-corrected chi connectivity index (χ3v) is 3.08. The summed E-state index contributed by atoms with van der Waals surface area (Å²) in [5.74, 6) is 0.690. The van der Waals surface area contributed by atoms with E-state index in [0.717, 1.165) is 5.56 Å². The number of ether oxygens (including phenoxy) is 2. The molecule has 0 spiro atoms. The molecule has 0 aliphatic rings. The Bertz CT molecular complexity index is 711. The van der Waals surface area contributed by atoms with Crippen LogP contribution in [0.2, 0.25) is 0 Å². The van der Waals surface area contributed by atoms with Gasteiger partial charge in [0.15, 0.2) is 18.1 Å². The number of phenols is 1. The lowest BCUT2D eigenvalue weighted by molar-refractivity contribution is -0.123. The second-order valence-corrected chi connectivity index (χ2v) is 5.06. The van der Waals surface area contributed by atoms with Crippen molar-refractivity contribution in [3.05, 3.63) is 53.6 Å². The van der Waals surface area contributed by atoms with Gasteiger partial charge in [-0.25, -0.2) is 5.43 Å². The highest BCUT2D eigenvalue weighted by Gasteiger charge is 2.03. The number of aromatic hydroxyl groups is 1. The number of nitrogens with zero attached hydrogens (tertiary/aromatic N) is 1. The molecule has 0 radical (unpaired) electrons. The van der Waals surface area contributed by atoms with Crippen LogP contribution in [0.15, 0.2) is 47.6 Å². The lowest BCUT2D eigenvalue weighted by Gasteiger charge is -2.06. The van der Waals surface area contributed by atoms with Crippen LogP contribution in [0.5, 0.6) is 17.2 Å². The summed E-state index contributed by atoms with van der Waals surface area (Å²) in [4.78, 5) is 11.7. The quantitative estimate of drug-likeness (QED) is 0.605. The zero-order chi connectivity index (χ0) is 17.4. The van der Waals surface area contributed by atoms with Gasteiger partial charge in [-0.05, 0) is 49.7 Å². The average Bonchev–Trinajstić information content (AvgIpc) is 2.57. The number of benzene rings is 2. The number of hydrazone groups is 1. The number of carbonyl (C=O) groups excluding carboxylic acids is 1. The van der Waals surface area contributed by atoms with Crippen LogP contribution in [0.3, 0.4) is 0 Å². The number of hydrogen-bond acceptors (Lipinski definition) is 5. The van der Waals surface area contributed by atoms with Crippen LogP contribution in [0.1, 0.15) is 18.1 Å². The fourth-order valence-corrected chi connectivity index (χ4v) is 1.88. The van der Waals surface area contributed by atoms with Gasteiger partial charge in [0.05, 0.1) is 12.8 Å². The molecular formula is C18H20N2O4. The molecule has 1 amide bonds. The number of amides is 1. The maximum Gasteiger partial charge on any atom is 0.277 e. The van der Waals surface area contributed by atoms with Gasteiger partial charge in [0.1, 0.15) is 5.75 Å². The summed E-state index contributed by atoms with van der Waals surface area (Å²) in [7, 11) is 0. The standard InChI is InChI=1S/C18H20N2O4/c1-3-23-17-10-14(6-9-16(17)21)11-19-20-18(22)12-24-15-7-4-13(2)5-8-15/h4-11,21H,3,12H2,1-2H3,(H,20,22)/b19-11+. The molecule has 24 heavy (non-hydrogen) atoms. The fourth-order valence-electron chi connectivity index (χ4n) is 1.88. The molecule has 0 saturated heterocycles. The molecule has 2 N–H and O–H groups in total. The van der Waals surface area contributed by atoms with Crippen LogP contribution in [-0.2, 0) is 4.79 Å². The lowest BCUT2D eigenvalue weighted by atomic mass is 10.2. The van der Waals surface area contributed by atoms with Crippen molar-refractivity contribution in [2.75, 3.05) is 13.2 Å². The van der Waals surface area contributed by atoms with Gasteiger partial charge in [0, 0.05) is 0 Å². The van der Waals surface area contributed by atoms with E-state index in [1.165, 1.54) is 12.3 Å². The molecular weight excluding hydrogens is 308 g/mol. The highest BCUT2D eigenvalue weighted by Crippen LogP contribution is 2.26. The molecule has 6 heteroatoms. The molecule has 0 atom stereocenters. The van der Waals surface area contributed by atoms with E-state index < -0.39 is 0 Å². The largest absolute Gasteiger partial charge is 0.504 e. The predicted molar refractivity (Wildman–Crippen MR) is 91.7 cm³/mol. The summed E-state index contributed by atoms with van der Waals surface area (Å²) in [6.45, 7) is 4.13. The van der Waals surface area contributed by atoms with Gasteiger partial charge in [-0.15, -0.1) is 0 Å². The maximum absolute atomic E-state index is 11.7. The van der Waals surface area contributed by atoms with Gasteiger partial charge < -0.3 is 14.6 Å². The monoisotopic (exact) mass is 328 g/mol. The van der Waals surface area contributed by atoms with Crippen LogP contribution >= 0.6 is 0 Å². The van der Waals surface area contributed by atoms with Gasteiger partial charge in [0.25, 0.3) is 5.91 Å². The van der Waals surface area contributed by atoms with Gasteiger partial charge in [-0.3, -0.25) is 4.79 Å². The third-order valence-electron chi connectivity index (χ3n) is 3.08. The number of phenolic OH excluding ortho intramolecular Hbond substituents is 1. The van der Waals surface area contributed by atoms with Crippen molar-refractivity contribution in [1.29, 1.82) is 0 Å². The molecule has 2 rings (SSSR count). The Balaban J connectivity index is 1.83. The number of rotatable bonds is 7. The van der Waals surface area contributed by atoms with Crippen LogP contribution in [0, 0.1) is 6.92 Å². The van der Waals surface area contributed by atoms with Crippen LogP contribution in [0.4, 0.5) is 0 Å². The number of hydrogen-bond donors (Lipinski definition) is 2. The summed E-state index contributed by atoms with van der Waals surface area (Å²) >= 11 is 0. The minimum absolute atomic E-state index is 0.0598. The number of nitrogens with one attached hydrogen (secondary N) is 1. The topological polar surface area (TPSA) is 80.2 Å². The minimum Gasteiger partial charge on any atom is -0.504 e. The Morgan fingerprint density at radius 1 is 1.21 bits per heavy atom. The van der Waals surface area contributed by atoms with Crippen molar-refractivity contribution in [2.45, 2.75) is 13.8 Å². The Morgan fingerprint density at radius 3 is 2.67 bits per heavy atom. The van der Waals surface area contributed by atoms with Crippen molar-refractivity contribution >= 4 is 12.1 Å². The van der Waals surface area contributed by atoms with Gasteiger partial charge >= 0.3 is 0 Å². The Hall–Kier alpha value is -3.02. The lowest BCUT2D eigenvalue weighted by Crippen LogP contribution is -2.24. The number of aryl methyl sites for hydroxylation is 1. The normalized spacial score (nSPS) is 10.6. The highest BCUT2D eigenvalue weighted by molar-refractivity contribution is 5.83. The first-order valence-corrected chi connectivity index (χ1v) is 7.55. The van der Waals surface area contributed by atoms with E-state index in [1.807, 2.05) is 26.0 Å². The fraction of sp³-hybridized carbons (Fsp3) is 0.222. The molecule has 0 aliphatic heterocycles. The van der Waals surface area contributed by atoms with E-state index in [9.17, 15) is 9.90 Å². The van der Waals surface area contributed by atoms with E-state index in [-0.39, 0.29) is 18.3 Å². The SMILES string of the molecule is CCOc1cc(/C=N/NC(=O)COc2ccc(C)cc2)ccc1O. The second kappa shape index (κ2) is 8.57. The molecule has 0 aromatic heterocycles. The van der Waals surface area contributed by atoms with E-state index in [0.29, 0.717) is 23.7 Å². The van der Waals surface area contributed by atoms with E-state index in [1.54, 1.807) is 24.3 Å². The molecule has 0 bridgehead atoms. The first-order chi connectivity index (χ1) is 11.6. The molecule has 6 nitrogen and oxygen atoms in total. The van der Waals surface area contributed by atoms with Crippen molar-refractivity contribution in [3.8, 4) is 17.2 Å². The van der Waals surface area contributed by atoms with Gasteiger partial charge in [0.2, 0.25) is 0 Å². The molecule has 0 aliphatic carbocycles. The maximum atomic E-state index is 11.7. The van der Waals surface area contributed by atoms with Crippen molar-refractivity contribution in [2.24, 2.45) is 5.10 Å². The summed E-state index contributed by atoms with van der Waals surface area (Å²) < 4.78 is 10.6. The zero-order valence-electron chi connectivity index (χ0n) is 13.7. The second-order valence-electron chi connectivity index (χ2n) is 5.06. The Kier molecular flexibility index (Phi) is 6.19. The van der Waals surface area contributed by atoms with Crippen molar-refractivity contribution in [3.63, 3.8) is 0 Å². The molecule has 0 heterocycles. The van der Waals surface area contributed by atoms with E-state index in [2.05, 4.69) is 10.5 Å². The highest BCUT2D eigenvalue weighted by atomic mass is 16.5. The van der Waals surface area contributed by atoms with E-state index >= 15 is 0 Å². The van der Waals surface area contributed by atoms with Crippen molar-refractivity contribution in [1.82, 2.24) is 5.43 Å². The first kappa shape index (κ1) is 17.3. The summed E-state index contributed by atoms with van der Waals surface area (Å²) in [5.41, 5.74) is 4.19. The van der Waals surface area contributed by atoms with Crippen LogP contribution < -0.4 is 14.9 Å². The average molecular weight is 328 g/mol. The molecule has 2 aromatic rings. The van der Waals surface area contributed by atoms with E-state index in [4.69, 9.17) is 9.47 Å². The van der Waals surface area contributed by atoms with Gasteiger partial charge in [-0.1, -0.05) is 17.7 Å². The minimum atomic E-state index is -0.365. The predicted octanol–water partition coefficient (Wildman–Crippen LogP) is 2.63. The van der Waals surface area contributed by atoms with Crippen LogP contribution in [-0.4, -0.2) is 30.4 Å². The summed E-state index contributed by atoms with van der Waals surface area (Å²) in [5, 5.41) is 13.5. The van der Waals surface area contributed by atoms with Crippen LogP contribution in [0.25, 0.3) is 0 Å². The molecule has 126 valence electrons.